The van der Waals surface area contributed by atoms with Crippen molar-refractivity contribution in [2.24, 2.45) is 0 Å². The second-order valence-electron chi connectivity index (χ2n) is 4.64. The van der Waals surface area contributed by atoms with Crippen molar-refractivity contribution in [1.82, 2.24) is 10.3 Å². The lowest BCUT2D eigenvalue weighted by molar-refractivity contribution is 0.0939. The molecule has 0 aliphatic carbocycles. The number of rotatable bonds is 5. The first-order valence-corrected chi connectivity index (χ1v) is 6.82. The van der Waals surface area contributed by atoms with Crippen LogP contribution in [0.2, 0.25) is 0 Å². The average molecular weight is 286 g/mol. The van der Waals surface area contributed by atoms with Crippen molar-refractivity contribution in [3.05, 3.63) is 64.1 Å². The highest BCUT2D eigenvalue weighted by molar-refractivity contribution is 5.94. The minimum atomic E-state index is -0.230. The molecular formula is C16H18N2O3. The third-order valence-electron chi connectivity index (χ3n) is 3.09. The summed E-state index contributed by atoms with van der Waals surface area (Å²) in [5, 5.41) is 2.88. The number of H-pyrrole nitrogens is 1. The van der Waals surface area contributed by atoms with E-state index in [9.17, 15) is 9.59 Å². The van der Waals surface area contributed by atoms with Gasteiger partial charge in [-0.25, -0.2) is 0 Å². The fourth-order valence-electron chi connectivity index (χ4n) is 1.93. The predicted octanol–water partition coefficient (Wildman–Crippen LogP) is 2.26. The maximum Gasteiger partial charge on any atom is 0.253 e. The quantitative estimate of drug-likeness (QED) is 0.885. The summed E-state index contributed by atoms with van der Waals surface area (Å²) in [5.41, 5.74) is 1.18. The molecule has 2 aromatic rings. The first-order chi connectivity index (χ1) is 10.1. The number of pyridine rings is 1. The first kappa shape index (κ1) is 14.8. The summed E-state index contributed by atoms with van der Waals surface area (Å²) in [6.45, 7) is 4.46. The zero-order valence-corrected chi connectivity index (χ0v) is 12.1. The average Bonchev–Trinajstić information content (AvgIpc) is 2.49. The van der Waals surface area contributed by atoms with Crippen molar-refractivity contribution in [1.29, 1.82) is 0 Å². The van der Waals surface area contributed by atoms with Crippen molar-refractivity contribution in [2.45, 2.75) is 19.9 Å². The third kappa shape index (κ3) is 3.95. The number of hydrogen-bond acceptors (Lipinski definition) is 3. The molecule has 0 radical (unpaired) electrons. The summed E-state index contributed by atoms with van der Waals surface area (Å²) in [4.78, 5) is 25.5. The monoisotopic (exact) mass is 286 g/mol. The van der Waals surface area contributed by atoms with Gasteiger partial charge in [0.25, 0.3) is 5.91 Å². The number of hydrogen-bond donors (Lipinski definition) is 2. The maximum absolute atomic E-state index is 12.1. The van der Waals surface area contributed by atoms with Crippen molar-refractivity contribution in [3.63, 3.8) is 0 Å². The van der Waals surface area contributed by atoms with E-state index < -0.39 is 0 Å². The number of nitrogens with one attached hydrogen (secondary N) is 2. The van der Waals surface area contributed by atoms with Gasteiger partial charge in [-0.2, -0.15) is 0 Å². The van der Waals surface area contributed by atoms with Crippen LogP contribution in [0.4, 0.5) is 0 Å². The van der Waals surface area contributed by atoms with E-state index in [4.69, 9.17) is 4.74 Å². The van der Waals surface area contributed by atoms with Crippen LogP contribution in [0.15, 0.2) is 47.4 Å². The molecular weight excluding hydrogens is 268 g/mol. The highest BCUT2D eigenvalue weighted by Crippen LogP contribution is 2.17. The van der Waals surface area contributed by atoms with Gasteiger partial charge in [-0.05, 0) is 37.6 Å². The van der Waals surface area contributed by atoms with Crippen molar-refractivity contribution in [3.8, 4) is 5.75 Å². The second-order valence-corrected chi connectivity index (χ2v) is 4.64. The van der Waals surface area contributed by atoms with Crippen LogP contribution >= 0.6 is 0 Å². The lowest BCUT2D eigenvalue weighted by atomic mass is 10.1. The zero-order chi connectivity index (χ0) is 15.2. The van der Waals surface area contributed by atoms with Crippen LogP contribution in [0, 0.1) is 0 Å². The van der Waals surface area contributed by atoms with E-state index >= 15 is 0 Å². The molecule has 1 heterocycles. The van der Waals surface area contributed by atoms with Gasteiger partial charge in [0.1, 0.15) is 5.75 Å². The summed E-state index contributed by atoms with van der Waals surface area (Å²) in [7, 11) is 0. The number of ether oxygens (including phenoxy) is 1. The van der Waals surface area contributed by atoms with Crippen LogP contribution < -0.4 is 15.6 Å². The minimum absolute atomic E-state index is 0.139. The molecule has 1 amide bonds. The Morgan fingerprint density at radius 2 is 1.95 bits per heavy atom. The Balaban J connectivity index is 2.03. The van der Waals surface area contributed by atoms with E-state index in [-0.39, 0.29) is 17.5 Å². The number of amides is 1. The second kappa shape index (κ2) is 6.74. The fraction of sp³-hybridized carbons (Fsp3) is 0.250. The largest absolute Gasteiger partial charge is 0.494 e. The smallest absolute Gasteiger partial charge is 0.253 e. The molecule has 110 valence electrons. The Hall–Kier alpha value is -2.56. The Bertz CT molecular complexity index is 641. The molecule has 0 aliphatic heterocycles. The topological polar surface area (TPSA) is 71.2 Å². The molecule has 21 heavy (non-hydrogen) atoms. The van der Waals surface area contributed by atoms with Crippen LogP contribution in [0.3, 0.4) is 0 Å². The van der Waals surface area contributed by atoms with E-state index in [2.05, 4.69) is 10.3 Å². The van der Waals surface area contributed by atoms with Gasteiger partial charge in [0.05, 0.1) is 18.2 Å². The number of benzene rings is 1. The van der Waals surface area contributed by atoms with Gasteiger partial charge in [-0.3, -0.25) is 9.59 Å². The molecule has 5 heteroatoms. The van der Waals surface area contributed by atoms with Crippen LogP contribution in [-0.2, 0) is 0 Å². The summed E-state index contributed by atoms with van der Waals surface area (Å²) >= 11 is 0. The highest BCUT2D eigenvalue weighted by Gasteiger charge is 2.11. The molecule has 5 nitrogen and oxygen atoms in total. The van der Waals surface area contributed by atoms with Gasteiger partial charge in [-0.1, -0.05) is 12.1 Å². The lowest BCUT2D eigenvalue weighted by Crippen LogP contribution is -2.27. The molecule has 0 spiro atoms. The third-order valence-corrected chi connectivity index (χ3v) is 3.09. The number of carbonyl (C=O) groups excluding carboxylic acids is 1. The van der Waals surface area contributed by atoms with Gasteiger partial charge in [0.15, 0.2) is 0 Å². The molecule has 2 N–H and O–H groups in total. The first-order valence-electron chi connectivity index (χ1n) is 6.82. The van der Waals surface area contributed by atoms with Crippen molar-refractivity contribution >= 4 is 5.91 Å². The van der Waals surface area contributed by atoms with Crippen LogP contribution in [0.1, 0.15) is 35.8 Å². The summed E-state index contributed by atoms with van der Waals surface area (Å²) < 4.78 is 5.38. The molecule has 1 aromatic carbocycles. The van der Waals surface area contributed by atoms with Gasteiger partial charge in [0, 0.05) is 12.3 Å². The summed E-state index contributed by atoms with van der Waals surface area (Å²) in [6, 6.07) is 10.3. The number of carbonyl (C=O) groups is 1. The highest BCUT2D eigenvalue weighted by atomic mass is 16.5. The molecule has 0 saturated carbocycles. The maximum atomic E-state index is 12.1. The molecule has 2 rings (SSSR count). The Morgan fingerprint density at radius 1 is 1.24 bits per heavy atom. The summed E-state index contributed by atoms with van der Waals surface area (Å²) in [6.07, 6.45) is 1.41. The van der Waals surface area contributed by atoms with Crippen LogP contribution in [0.5, 0.6) is 5.75 Å². The van der Waals surface area contributed by atoms with Gasteiger partial charge in [0.2, 0.25) is 5.56 Å². The van der Waals surface area contributed by atoms with E-state index in [1.165, 1.54) is 18.3 Å². The standard InChI is InChI=1S/C16H18N2O3/c1-3-21-14-7-4-12(5-8-14)11(2)18-16(20)13-6-9-15(19)17-10-13/h4-11H,3H2,1-2H3,(H,17,19)(H,18,20)/t11-/m0/s1. The molecule has 0 bridgehead atoms. The van der Waals surface area contributed by atoms with Gasteiger partial charge >= 0.3 is 0 Å². The molecule has 0 saturated heterocycles. The zero-order valence-electron chi connectivity index (χ0n) is 12.1. The molecule has 0 fully saturated rings. The SMILES string of the molecule is CCOc1ccc([C@H](C)NC(=O)c2ccc(=O)[nH]c2)cc1. The van der Waals surface area contributed by atoms with Gasteiger partial charge < -0.3 is 15.0 Å². The Morgan fingerprint density at radius 3 is 2.52 bits per heavy atom. The van der Waals surface area contributed by atoms with Gasteiger partial charge in [-0.15, -0.1) is 0 Å². The summed E-state index contributed by atoms with van der Waals surface area (Å²) in [5.74, 6) is 0.577. The van der Waals surface area contributed by atoms with Crippen LogP contribution in [0.25, 0.3) is 0 Å². The molecule has 0 unspecified atom stereocenters. The predicted molar refractivity (Wildman–Crippen MR) is 80.6 cm³/mol. The van der Waals surface area contributed by atoms with E-state index in [1.807, 2.05) is 38.1 Å². The fourth-order valence-corrected chi connectivity index (χ4v) is 1.93. The van der Waals surface area contributed by atoms with Crippen molar-refractivity contribution < 1.29 is 9.53 Å². The van der Waals surface area contributed by atoms with E-state index in [1.54, 1.807) is 0 Å². The van der Waals surface area contributed by atoms with E-state index in [0.717, 1.165) is 11.3 Å². The minimum Gasteiger partial charge on any atom is -0.494 e. The normalized spacial score (nSPS) is 11.7. The van der Waals surface area contributed by atoms with E-state index in [0.29, 0.717) is 12.2 Å². The molecule has 1 aromatic heterocycles. The van der Waals surface area contributed by atoms with Crippen molar-refractivity contribution in [2.75, 3.05) is 6.61 Å². The molecule has 0 aliphatic rings. The van der Waals surface area contributed by atoms with Crippen LogP contribution in [-0.4, -0.2) is 17.5 Å². The number of aromatic amines is 1. The Kier molecular flexibility index (Phi) is 4.77. The molecule has 1 atom stereocenters. The lowest BCUT2D eigenvalue weighted by Gasteiger charge is -2.15. The Labute approximate surface area is 123 Å². The number of aromatic nitrogens is 1.